The highest BCUT2D eigenvalue weighted by atomic mass is 16.3. The first kappa shape index (κ1) is 14.5. The van der Waals surface area contributed by atoms with E-state index in [1.165, 1.54) is 0 Å². The maximum atomic E-state index is 11.8. The second-order valence-corrected chi connectivity index (χ2v) is 5.02. The van der Waals surface area contributed by atoms with Gasteiger partial charge in [-0.15, -0.1) is 0 Å². The number of phenolic OH excluding ortho intramolecular Hbond substituents is 1. The van der Waals surface area contributed by atoms with Crippen molar-refractivity contribution in [3.8, 4) is 5.75 Å². The highest BCUT2D eigenvalue weighted by Gasteiger charge is 2.17. The first-order valence-electron chi connectivity index (χ1n) is 6.24. The third kappa shape index (κ3) is 4.37. The Kier molecular flexibility index (Phi) is 5.16. The zero-order valence-electron chi connectivity index (χ0n) is 11.2. The van der Waals surface area contributed by atoms with Crippen molar-refractivity contribution >= 4 is 5.91 Å². The molecule has 1 amide bonds. The Balaban J connectivity index is 2.52. The highest BCUT2D eigenvalue weighted by molar-refractivity contribution is 5.82. The Morgan fingerprint density at radius 3 is 2.33 bits per heavy atom. The van der Waals surface area contributed by atoms with Crippen LogP contribution in [-0.2, 0) is 11.2 Å². The van der Waals surface area contributed by atoms with Crippen LogP contribution >= 0.6 is 0 Å². The predicted molar refractivity (Wildman–Crippen MR) is 72.2 cm³/mol. The van der Waals surface area contributed by atoms with Gasteiger partial charge in [0.05, 0.1) is 6.04 Å². The van der Waals surface area contributed by atoms with Crippen molar-refractivity contribution in [3.05, 3.63) is 29.8 Å². The molecule has 0 aliphatic rings. The minimum Gasteiger partial charge on any atom is -0.508 e. The molecule has 18 heavy (non-hydrogen) atoms. The Morgan fingerprint density at radius 1 is 1.28 bits per heavy atom. The molecule has 0 bridgehead atoms. The number of carbonyl (C=O) groups is 1. The Morgan fingerprint density at radius 2 is 1.83 bits per heavy atom. The SMILES string of the molecule is CC(C)C(C)NC(=O)[C@H](N)Cc1ccc(O)cc1. The van der Waals surface area contributed by atoms with E-state index in [2.05, 4.69) is 19.2 Å². The fourth-order valence-electron chi connectivity index (χ4n) is 1.48. The number of phenols is 1. The van der Waals surface area contributed by atoms with Gasteiger partial charge in [-0.25, -0.2) is 0 Å². The number of hydrogen-bond donors (Lipinski definition) is 3. The van der Waals surface area contributed by atoms with Gasteiger partial charge in [-0.3, -0.25) is 4.79 Å². The van der Waals surface area contributed by atoms with Crippen molar-refractivity contribution in [1.29, 1.82) is 0 Å². The molecule has 0 aliphatic heterocycles. The van der Waals surface area contributed by atoms with Crippen LogP contribution in [0.3, 0.4) is 0 Å². The van der Waals surface area contributed by atoms with Gasteiger partial charge in [0.15, 0.2) is 0 Å². The molecule has 2 atom stereocenters. The van der Waals surface area contributed by atoms with Crippen molar-refractivity contribution in [3.63, 3.8) is 0 Å². The van der Waals surface area contributed by atoms with E-state index in [0.717, 1.165) is 5.56 Å². The van der Waals surface area contributed by atoms with E-state index >= 15 is 0 Å². The number of nitrogens with two attached hydrogens (primary N) is 1. The normalized spacial score (nSPS) is 14.3. The standard InChI is InChI=1S/C14H22N2O2/c1-9(2)10(3)16-14(18)13(15)8-11-4-6-12(17)7-5-11/h4-7,9-10,13,17H,8,15H2,1-3H3,(H,16,18)/t10?,13-/m1/s1. The Labute approximate surface area is 108 Å². The van der Waals surface area contributed by atoms with Gasteiger partial charge in [0.25, 0.3) is 0 Å². The van der Waals surface area contributed by atoms with Gasteiger partial charge >= 0.3 is 0 Å². The van der Waals surface area contributed by atoms with Crippen molar-refractivity contribution in [2.45, 2.75) is 39.3 Å². The monoisotopic (exact) mass is 250 g/mol. The second kappa shape index (κ2) is 6.40. The molecule has 1 unspecified atom stereocenters. The van der Waals surface area contributed by atoms with Gasteiger partial charge in [0.1, 0.15) is 5.75 Å². The van der Waals surface area contributed by atoms with Crippen LogP contribution in [0.5, 0.6) is 5.75 Å². The topological polar surface area (TPSA) is 75.4 Å². The van der Waals surface area contributed by atoms with Crippen LogP contribution in [-0.4, -0.2) is 23.1 Å². The van der Waals surface area contributed by atoms with Gasteiger partial charge in [-0.2, -0.15) is 0 Å². The van der Waals surface area contributed by atoms with Crippen LogP contribution in [0, 0.1) is 5.92 Å². The summed E-state index contributed by atoms with van der Waals surface area (Å²) < 4.78 is 0. The molecule has 4 nitrogen and oxygen atoms in total. The predicted octanol–water partition coefficient (Wildman–Crippen LogP) is 1.42. The van der Waals surface area contributed by atoms with Gasteiger partial charge in [0, 0.05) is 6.04 Å². The molecule has 0 aliphatic carbocycles. The summed E-state index contributed by atoms with van der Waals surface area (Å²) in [6.45, 7) is 6.07. The third-order valence-electron chi connectivity index (χ3n) is 3.10. The van der Waals surface area contributed by atoms with Crippen LogP contribution in [0.2, 0.25) is 0 Å². The number of rotatable bonds is 5. The lowest BCUT2D eigenvalue weighted by Crippen LogP contribution is -2.47. The molecule has 4 N–H and O–H groups in total. The molecule has 0 saturated carbocycles. The van der Waals surface area contributed by atoms with E-state index in [-0.39, 0.29) is 17.7 Å². The smallest absolute Gasteiger partial charge is 0.237 e. The van der Waals surface area contributed by atoms with Crippen LogP contribution in [0.25, 0.3) is 0 Å². The van der Waals surface area contributed by atoms with E-state index in [9.17, 15) is 4.79 Å². The minimum absolute atomic E-state index is 0.114. The summed E-state index contributed by atoms with van der Waals surface area (Å²) in [6, 6.07) is 6.29. The van der Waals surface area contributed by atoms with Crippen LogP contribution in [0.1, 0.15) is 26.3 Å². The molecule has 1 aromatic rings. The number of nitrogens with one attached hydrogen (secondary N) is 1. The lowest BCUT2D eigenvalue weighted by molar-refractivity contribution is -0.123. The molecule has 0 fully saturated rings. The van der Waals surface area contributed by atoms with Gasteiger partial charge in [0.2, 0.25) is 5.91 Å². The van der Waals surface area contributed by atoms with E-state index in [1.54, 1.807) is 24.3 Å². The molecule has 4 heteroatoms. The molecule has 1 rings (SSSR count). The summed E-state index contributed by atoms with van der Waals surface area (Å²) in [6.07, 6.45) is 0.469. The van der Waals surface area contributed by atoms with E-state index in [0.29, 0.717) is 12.3 Å². The molecule has 0 radical (unpaired) electrons. The molecule has 100 valence electrons. The number of aromatic hydroxyl groups is 1. The lowest BCUT2D eigenvalue weighted by Gasteiger charge is -2.20. The number of amides is 1. The highest BCUT2D eigenvalue weighted by Crippen LogP contribution is 2.11. The van der Waals surface area contributed by atoms with Crippen molar-refractivity contribution in [1.82, 2.24) is 5.32 Å². The average molecular weight is 250 g/mol. The number of hydrogen-bond acceptors (Lipinski definition) is 3. The fraction of sp³-hybridized carbons (Fsp3) is 0.500. The first-order valence-corrected chi connectivity index (χ1v) is 6.24. The van der Waals surface area contributed by atoms with Crippen molar-refractivity contribution < 1.29 is 9.90 Å². The summed E-state index contributed by atoms with van der Waals surface area (Å²) in [5, 5.41) is 12.1. The Bertz CT molecular complexity index is 387. The largest absolute Gasteiger partial charge is 0.508 e. The fourth-order valence-corrected chi connectivity index (χ4v) is 1.48. The van der Waals surface area contributed by atoms with Crippen LogP contribution in [0.15, 0.2) is 24.3 Å². The summed E-state index contributed by atoms with van der Waals surface area (Å²) in [7, 11) is 0. The molecular weight excluding hydrogens is 228 g/mol. The average Bonchev–Trinajstić information content (AvgIpc) is 2.31. The third-order valence-corrected chi connectivity index (χ3v) is 3.10. The number of carbonyl (C=O) groups excluding carboxylic acids is 1. The number of benzene rings is 1. The van der Waals surface area contributed by atoms with E-state index in [4.69, 9.17) is 10.8 Å². The zero-order valence-corrected chi connectivity index (χ0v) is 11.2. The zero-order chi connectivity index (χ0) is 13.7. The van der Waals surface area contributed by atoms with Gasteiger partial charge in [-0.05, 0) is 37.0 Å². The van der Waals surface area contributed by atoms with Crippen molar-refractivity contribution in [2.75, 3.05) is 0 Å². The van der Waals surface area contributed by atoms with E-state index < -0.39 is 6.04 Å². The van der Waals surface area contributed by atoms with Crippen LogP contribution in [0.4, 0.5) is 0 Å². The van der Waals surface area contributed by atoms with Gasteiger partial charge in [-0.1, -0.05) is 26.0 Å². The van der Waals surface area contributed by atoms with Gasteiger partial charge < -0.3 is 16.2 Å². The second-order valence-electron chi connectivity index (χ2n) is 5.02. The molecular formula is C14H22N2O2. The van der Waals surface area contributed by atoms with Crippen molar-refractivity contribution in [2.24, 2.45) is 11.7 Å². The van der Waals surface area contributed by atoms with Crippen LogP contribution < -0.4 is 11.1 Å². The maximum Gasteiger partial charge on any atom is 0.237 e. The Hall–Kier alpha value is -1.55. The maximum absolute atomic E-state index is 11.8. The summed E-state index contributed by atoms with van der Waals surface area (Å²) >= 11 is 0. The molecule has 0 aromatic heterocycles. The molecule has 0 heterocycles. The summed E-state index contributed by atoms with van der Waals surface area (Å²) in [5.74, 6) is 0.462. The lowest BCUT2D eigenvalue weighted by atomic mass is 10.0. The summed E-state index contributed by atoms with van der Waals surface area (Å²) in [5.41, 5.74) is 6.80. The first-order chi connectivity index (χ1) is 8.40. The summed E-state index contributed by atoms with van der Waals surface area (Å²) in [4.78, 5) is 11.8. The van der Waals surface area contributed by atoms with E-state index in [1.807, 2.05) is 6.92 Å². The molecule has 0 spiro atoms. The molecule has 1 aromatic carbocycles. The minimum atomic E-state index is -0.559. The quantitative estimate of drug-likeness (QED) is 0.740. The molecule has 0 saturated heterocycles.